The second kappa shape index (κ2) is 8.09. The molecule has 2 aromatic rings. The first-order chi connectivity index (χ1) is 10.6. The van der Waals surface area contributed by atoms with Crippen molar-refractivity contribution < 1.29 is 4.79 Å². The van der Waals surface area contributed by atoms with Gasteiger partial charge in [0, 0.05) is 23.8 Å². The van der Waals surface area contributed by atoms with Crippen LogP contribution in [0.2, 0.25) is 0 Å². The van der Waals surface area contributed by atoms with Gasteiger partial charge in [-0.1, -0.05) is 40.6 Å². The van der Waals surface area contributed by atoms with Crippen LogP contribution in [-0.4, -0.2) is 29.8 Å². The van der Waals surface area contributed by atoms with E-state index >= 15 is 0 Å². The monoisotopic (exact) mass is 383 g/mol. The minimum absolute atomic E-state index is 0.332. The highest BCUT2D eigenvalue weighted by atomic mass is 79.9. The molecule has 0 radical (unpaired) electrons. The maximum Gasteiger partial charge on any atom is 0.325 e. The summed E-state index contributed by atoms with van der Waals surface area (Å²) < 4.78 is 0.960. The van der Waals surface area contributed by atoms with Crippen molar-refractivity contribution in [3.05, 3.63) is 28.7 Å². The molecule has 8 heteroatoms. The minimum Gasteiger partial charge on any atom is -0.350 e. The Balaban J connectivity index is 1.89. The van der Waals surface area contributed by atoms with Crippen molar-refractivity contribution in [3.63, 3.8) is 0 Å². The predicted molar refractivity (Wildman–Crippen MR) is 94.9 cm³/mol. The van der Waals surface area contributed by atoms with E-state index in [1.807, 2.05) is 36.2 Å². The summed E-state index contributed by atoms with van der Waals surface area (Å²) in [4.78, 5) is 13.9. The third kappa shape index (κ3) is 4.96. The molecule has 0 saturated carbocycles. The van der Waals surface area contributed by atoms with Gasteiger partial charge in [0.15, 0.2) is 0 Å². The molecule has 2 amide bonds. The van der Waals surface area contributed by atoms with Gasteiger partial charge < -0.3 is 10.2 Å². The maximum atomic E-state index is 11.9. The quantitative estimate of drug-likeness (QED) is 0.784. The molecule has 0 aliphatic rings. The van der Waals surface area contributed by atoms with Crippen LogP contribution < -0.4 is 15.5 Å². The topological polar surface area (TPSA) is 70.2 Å². The van der Waals surface area contributed by atoms with Crippen LogP contribution in [0.1, 0.15) is 19.8 Å². The molecule has 118 valence electrons. The van der Waals surface area contributed by atoms with Crippen LogP contribution in [-0.2, 0) is 0 Å². The summed E-state index contributed by atoms with van der Waals surface area (Å²) in [5, 5.41) is 14.8. The number of aromatic nitrogens is 2. The number of carbonyl (C=O) groups excluding carboxylic acids is 1. The lowest BCUT2D eigenvalue weighted by Gasteiger charge is -2.13. The lowest BCUT2D eigenvalue weighted by molar-refractivity contribution is 0.262. The first kappa shape index (κ1) is 16.7. The van der Waals surface area contributed by atoms with Gasteiger partial charge in [0.25, 0.3) is 0 Å². The number of urea groups is 1. The van der Waals surface area contributed by atoms with Crippen molar-refractivity contribution in [3.8, 4) is 0 Å². The van der Waals surface area contributed by atoms with Crippen LogP contribution >= 0.6 is 27.3 Å². The summed E-state index contributed by atoms with van der Waals surface area (Å²) in [7, 11) is 1.97. The normalized spacial score (nSPS) is 10.3. The number of anilines is 3. The van der Waals surface area contributed by atoms with Gasteiger partial charge in [-0.25, -0.2) is 4.79 Å². The standard InChI is InChI=1S/C14H18BrN5OS/c1-3-4-9-20(2)14-19-18-13(22-14)17-12(21)16-11-7-5-10(15)6-8-11/h5-8H,3-4,9H2,1-2H3,(H2,16,17,18,21). The average molecular weight is 384 g/mol. The van der Waals surface area contributed by atoms with Crippen LogP contribution in [0.15, 0.2) is 28.7 Å². The molecule has 0 aliphatic heterocycles. The average Bonchev–Trinajstić information content (AvgIpc) is 2.95. The predicted octanol–water partition coefficient (Wildman–Crippen LogP) is 4.18. The number of hydrogen-bond acceptors (Lipinski definition) is 5. The lowest BCUT2D eigenvalue weighted by atomic mass is 10.3. The molecule has 0 atom stereocenters. The summed E-state index contributed by atoms with van der Waals surface area (Å²) in [6.07, 6.45) is 2.23. The van der Waals surface area contributed by atoms with Gasteiger partial charge in [-0.05, 0) is 30.7 Å². The van der Waals surface area contributed by atoms with Crippen LogP contribution in [0.5, 0.6) is 0 Å². The third-order valence-corrected chi connectivity index (χ3v) is 4.39. The molecule has 1 aromatic heterocycles. The fraction of sp³-hybridized carbons (Fsp3) is 0.357. The Bertz CT molecular complexity index is 616. The first-order valence-corrected chi connectivity index (χ1v) is 8.57. The molecule has 1 heterocycles. The van der Waals surface area contributed by atoms with E-state index < -0.39 is 0 Å². The van der Waals surface area contributed by atoms with Crippen molar-refractivity contribution >= 4 is 49.2 Å². The molecular formula is C14H18BrN5OS. The molecule has 2 N–H and O–H groups in total. The summed E-state index contributed by atoms with van der Waals surface area (Å²) >= 11 is 4.71. The number of halogens is 1. The molecule has 2 rings (SSSR count). The third-order valence-electron chi connectivity index (χ3n) is 2.91. The molecule has 22 heavy (non-hydrogen) atoms. The van der Waals surface area contributed by atoms with E-state index in [1.165, 1.54) is 11.3 Å². The van der Waals surface area contributed by atoms with Crippen molar-refractivity contribution in [1.29, 1.82) is 0 Å². The van der Waals surface area contributed by atoms with Crippen molar-refractivity contribution in [2.24, 2.45) is 0 Å². The van der Waals surface area contributed by atoms with Gasteiger partial charge in [0.2, 0.25) is 10.3 Å². The Hall–Kier alpha value is -1.67. The van der Waals surface area contributed by atoms with Crippen molar-refractivity contribution in [2.75, 3.05) is 29.1 Å². The molecular weight excluding hydrogens is 366 g/mol. The summed E-state index contributed by atoms with van der Waals surface area (Å²) in [6, 6.07) is 7.02. The van der Waals surface area contributed by atoms with Gasteiger partial charge in [-0.3, -0.25) is 5.32 Å². The molecule has 1 aromatic carbocycles. The second-order valence-electron chi connectivity index (χ2n) is 4.75. The van der Waals surface area contributed by atoms with E-state index in [2.05, 4.69) is 43.7 Å². The van der Waals surface area contributed by atoms with E-state index in [0.29, 0.717) is 10.8 Å². The SMILES string of the molecule is CCCCN(C)c1nnc(NC(=O)Nc2ccc(Br)cc2)s1. The summed E-state index contributed by atoms with van der Waals surface area (Å²) in [5.41, 5.74) is 0.713. The van der Waals surface area contributed by atoms with Gasteiger partial charge in [-0.15, -0.1) is 10.2 Å². The number of nitrogens with one attached hydrogen (secondary N) is 2. The van der Waals surface area contributed by atoms with Crippen molar-refractivity contribution in [2.45, 2.75) is 19.8 Å². The molecule has 0 spiro atoms. The summed E-state index contributed by atoms with van der Waals surface area (Å²) in [6.45, 7) is 3.07. The van der Waals surface area contributed by atoms with Gasteiger partial charge >= 0.3 is 6.03 Å². The zero-order valence-electron chi connectivity index (χ0n) is 12.5. The first-order valence-electron chi connectivity index (χ1n) is 6.96. The van der Waals surface area contributed by atoms with E-state index in [4.69, 9.17) is 0 Å². The highest BCUT2D eigenvalue weighted by molar-refractivity contribution is 9.10. The molecule has 0 aliphatic carbocycles. The van der Waals surface area contributed by atoms with Crippen molar-refractivity contribution in [1.82, 2.24) is 10.2 Å². The zero-order chi connectivity index (χ0) is 15.9. The van der Waals surface area contributed by atoms with E-state index in [1.54, 1.807) is 0 Å². The van der Waals surface area contributed by atoms with E-state index in [9.17, 15) is 4.79 Å². The molecule has 0 fully saturated rings. The van der Waals surface area contributed by atoms with Crippen LogP contribution in [0.4, 0.5) is 20.7 Å². The van der Waals surface area contributed by atoms with Gasteiger partial charge in [0.05, 0.1) is 0 Å². The number of nitrogens with zero attached hydrogens (tertiary/aromatic N) is 3. The second-order valence-corrected chi connectivity index (χ2v) is 6.62. The summed E-state index contributed by atoms with van der Waals surface area (Å²) in [5.74, 6) is 0. The molecule has 6 nitrogen and oxygen atoms in total. The Morgan fingerprint density at radius 2 is 2.00 bits per heavy atom. The highest BCUT2D eigenvalue weighted by Gasteiger charge is 2.11. The van der Waals surface area contributed by atoms with E-state index in [0.717, 1.165) is 29.0 Å². The Kier molecular flexibility index (Phi) is 6.14. The zero-order valence-corrected chi connectivity index (χ0v) is 14.9. The number of amides is 2. The van der Waals surface area contributed by atoms with E-state index in [-0.39, 0.29) is 6.03 Å². The smallest absolute Gasteiger partial charge is 0.325 e. The number of benzene rings is 1. The largest absolute Gasteiger partial charge is 0.350 e. The molecule has 0 unspecified atom stereocenters. The Labute approximate surface area is 142 Å². The lowest BCUT2D eigenvalue weighted by Crippen LogP contribution is -2.19. The Morgan fingerprint density at radius 1 is 1.27 bits per heavy atom. The number of unbranched alkanes of at least 4 members (excludes halogenated alkanes) is 1. The fourth-order valence-electron chi connectivity index (χ4n) is 1.70. The fourth-order valence-corrected chi connectivity index (χ4v) is 2.70. The van der Waals surface area contributed by atoms with Crippen LogP contribution in [0.3, 0.4) is 0 Å². The maximum absolute atomic E-state index is 11.9. The van der Waals surface area contributed by atoms with Gasteiger partial charge in [-0.2, -0.15) is 0 Å². The number of hydrogen-bond donors (Lipinski definition) is 2. The minimum atomic E-state index is -0.332. The molecule has 0 saturated heterocycles. The van der Waals surface area contributed by atoms with Crippen LogP contribution in [0, 0.1) is 0 Å². The molecule has 0 bridgehead atoms. The highest BCUT2D eigenvalue weighted by Crippen LogP contribution is 2.23. The number of carbonyl (C=O) groups is 1. The number of rotatable bonds is 6. The van der Waals surface area contributed by atoms with Crippen LogP contribution in [0.25, 0.3) is 0 Å². The Morgan fingerprint density at radius 3 is 2.68 bits per heavy atom. The van der Waals surface area contributed by atoms with Gasteiger partial charge in [0.1, 0.15) is 0 Å².